The van der Waals surface area contributed by atoms with Gasteiger partial charge in [0, 0.05) is 30.8 Å². The molecule has 0 bridgehead atoms. The van der Waals surface area contributed by atoms with Crippen molar-refractivity contribution < 1.29 is 4.74 Å². The number of benzene rings is 1. The molecule has 0 unspecified atom stereocenters. The molecule has 0 aliphatic carbocycles. The first-order valence-corrected chi connectivity index (χ1v) is 7.15. The lowest BCUT2D eigenvalue weighted by atomic mass is 10.3. The van der Waals surface area contributed by atoms with E-state index in [0.717, 1.165) is 41.4 Å². The molecule has 106 valence electrons. The van der Waals surface area contributed by atoms with E-state index in [0.29, 0.717) is 0 Å². The van der Waals surface area contributed by atoms with Crippen LogP contribution in [0, 0.1) is 0 Å². The summed E-state index contributed by atoms with van der Waals surface area (Å²) in [5, 5.41) is 6.49. The van der Waals surface area contributed by atoms with Gasteiger partial charge >= 0.3 is 0 Å². The Morgan fingerprint density at radius 2 is 2.00 bits per heavy atom. The SMILES string of the molecule is COCCCNc1cc(Nc2ccccc2Br)ncn1. The maximum Gasteiger partial charge on any atom is 0.135 e. The van der Waals surface area contributed by atoms with E-state index in [-0.39, 0.29) is 0 Å². The topological polar surface area (TPSA) is 59.1 Å². The first-order chi connectivity index (χ1) is 9.79. The summed E-state index contributed by atoms with van der Waals surface area (Å²) in [5.41, 5.74) is 0.969. The Bertz CT molecular complexity index is 550. The van der Waals surface area contributed by atoms with Crippen molar-refractivity contribution in [1.82, 2.24) is 9.97 Å². The first-order valence-electron chi connectivity index (χ1n) is 6.36. The molecule has 1 heterocycles. The second kappa shape index (κ2) is 7.81. The number of halogens is 1. The summed E-state index contributed by atoms with van der Waals surface area (Å²) in [6, 6.07) is 9.79. The smallest absolute Gasteiger partial charge is 0.135 e. The predicted molar refractivity (Wildman–Crippen MR) is 84.4 cm³/mol. The number of hydrogen-bond acceptors (Lipinski definition) is 5. The summed E-state index contributed by atoms with van der Waals surface area (Å²) in [6.45, 7) is 1.56. The molecule has 1 aromatic carbocycles. The highest BCUT2D eigenvalue weighted by Gasteiger charge is 2.02. The molecule has 5 nitrogen and oxygen atoms in total. The summed E-state index contributed by atoms with van der Waals surface area (Å²) in [5.74, 6) is 1.55. The van der Waals surface area contributed by atoms with Gasteiger partial charge in [-0.3, -0.25) is 0 Å². The average Bonchev–Trinajstić information content (AvgIpc) is 2.47. The zero-order valence-corrected chi connectivity index (χ0v) is 12.9. The Labute approximate surface area is 126 Å². The Hall–Kier alpha value is -1.66. The van der Waals surface area contributed by atoms with Crippen LogP contribution < -0.4 is 10.6 Å². The molecule has 0 radical (unpaired) electrons. The van der Waals surface area contributed by atoms with Crippen LogP contribution in [0.15, 0.2) is 41.1 Å². The van der Waals surface area contributed by atoms with Gasteiger partial charge in [-0.25, -0.2) is 9.97 Å². The fourth-order valence-corrected chi connectivity index (χ4v) is 2.04. The van der Waals surface area contributed by atoms with E-state index >= 15 is 0 Å². The van der Waals surface area contributed by atoms with Crippen molar-refractivity contribution >= 4 is 33.3 Å². The third-order valence-electron chi connectivity index (χ3n) is 2.64. The molecule has 1 aromatic heterocycles. The highest BCUT2D eigenvalue weighted by molar-refractivity contribution is 9.10. The van der Waals surface area contributed by atoms with Crippen molar-refractivity contribution in [2.45, 2.75) is 6.42 Å². The summed E-state index contributed by atoms with van der Waals surface area (Å²) >= 11 is 3.50. The molecule has 0 saturated carbocycles. The molecular formula is C14H17BrN4O. The lowest BCUT2D eigenvalue weighted by Crippen LogP contribution is -2.06. The molecule has 0 atom stereocenters. The monoisotopic (exact) mass is 336 g/mol. The van der Waals surface area contributed by atoms with Crippen LogP contribution >= 0.6 is 15.9 Å². The third kappa shape index (κ3) is 4.47. The molecule has 0 fully saturated rings. The van der Waals surface area contributed by atoms with E-state index in [1.807, 2.05) is 30.3 Å². The van der Waals surface area contributed by atoms with Crippen molar-refractivity contribution in [2.24, 2.45) is 0 Å². The van der Waals surface area contributed by atoms with Crippen molar-refractivity contribution in [1.29, 1.82) is 0 Å². The fourth-order valence-electron chi connectivity index (χ4n) is 1.66. The molecule has 0 aliphatic heterocycles. The van der Waals surface area contributed by atoms with Crippen molar-refractivity contribution in [3.8, 4) is 0 Å². The van der Waals surface area contributed by atoms with E-state index < -0.39 is 0 Å². The van der Waals surface area contributed by atoms with Crippen molar-refractivity contribution in [2.75, 3.05) is 30.9 Å². The van der Waals surface area contributed by atoms with Gasteiger partial charge in [-0.2, -0.15) is 0 Å². The molecule has 2 rings (SSSR count). The number of nitrogens with zero attached hydrogens (tertiary/aromatic N) is 2. The lowest BCUT2D eigenvalue weighted by Gasteiger charge is -2.09. The first kappa shape index (κ1) is 14.7. The summed E-state index contributed by atoms with van der Waals surface area (Å²) in [7, 11) is 1.70. The van der Waals surface area contributed by atoms with Gasteiger partial charge in [0.1, 0.15) is 18.0 Å². The summed E-state index contributed by atoms with van der Waals surface area (Å²) in [4.78, 5) is 8.40. The van der Waals surface area contributed by atoms with Crippen LogP contribution in [0.25, 0.3) is 0 Å². The Balaban J connectivity index is 1.97. The Kier molecular flexibility index (Phi) is 5.76. The minimum Gasteiger partial charge on any atom is -0.385 e. The van der Waals surface area contributed by atoms with Gasteiger partial charge in [-0.15, -0.1) is 0 Å². The number of anilines is 3. The molecule has 0 spiro atoms. The van der Waals surface area contributed by atoms with E-state index in [2.05, 4.69) is 36.5 Å². The van der Waals surface area contributed by atoms with Gasteiger partial charge in [0.2, 0.25) is 0 Å². The quantitative estimate of drug-likeness (QED) is 0.758. The Morgan fingerprint density at radius 1 is 1.20 bits per heavy atom. The maximum absolute atomic E-state index is 5.01. The predicted octanol–water partition coefficient (Wildman–Crippen LogP) is 3.43. The minimum atomic E-state index is 0.736. The van der Waals surface area contributed by atoms with Gasteiger partial charge in [-0.1, -0.05) is 12.1 Å². The average molecular weight is 337 g/mol. The van der Waals surface area contributed by atoms with E-state index in [1.165, 1.54) is 6.33 Å². The lowest BCUT2D eigenvalue weighted by molar-refractivity contribution is 0.198. The largest absolute Gasteiger partial charge is 0.385 e. The van der Waals surface area contributed by atoms with Crippen molar-refractivity contribution in [3.05, 3.63) is 41.1 Å². The molecule has 0 amide bonds. The van der Waals surface area contributed by atoms with Crippen LogP contribution in [0.3, 0.4) is 0 Å². The molecule has 0 saturated heterocycles. The van der Waals surface area contributed by atoms with Crippen LogP contribution in [0.2, 0.25) is 0 Å². The second-order valence-corrected chi connectivity index (χ2v) is 5.02. The number of ether oxygens (including phenoxy) is 1. The second-order valence-electron chi connectivity index (χ2n) is 4.17. The van der Waals surface area contributed by atoms with E-state index in [1.54, 1.807) is 7.11 Å². The van der Waals surface area contributed by atoms with Gasteiger partial charge in [0.25, 0.3) is 0 Å². The zero-order valence-electron chi connectivity index (χ0n) is 11.3. The molecule has 20 heavy (non-hydrogen) atoms. The standard InChI is InChI=1S/C14H17BrN4O/c1-20-8-4-7-16-13-9-14(18-10-17-13)19-12-6-3-2-5-11(12)15/h2-3,5-6,9-10H,4,7-8H2,1H3,(H2,16,17,18,19). The zero-order chi connectivity index (χ0) is 14.2. The molecule has 2 aromatic rings. The molecule has 0 aliphatic rings. The molecule has 6 heteroatoms. The van der Waals surface area contributed by atoms with Crippen LogP contribution in [0.1, 0.15) is 6.42 Å². The number of methoxy groups -OCH3 is 1. The van der Waals surface area contributed by atoms with Crippen LogP contribution in [0.4, 0.5) is 17.3 Å². The van der Waals surface area contributed by atoms with Gasteiger partial charge < -0.3 is 15.4 Å². The van der Waals surface area contributed by atoms with Crippen LogP contribution in [-0.2, 0) is 4.74 Å². The van der Waals surface area contributed by atoms with E-state index in [4.69, 9.17) is 4.74 Å². The van der Waals surface area contributed by atoms with Crippen LogP contribution in [0.5, 0.6) is 0 Å². The van der Waals surface area contributed by atoms with Gasteiger partial charge in [-0.05, 0) is 34.5 Å². The number of aromatic nitrogens is 2. The molecule has 2 N–H and O–H groups in total. The number of rotatable bonds is 7. The number of para-hydroxylation sites is 1. The summed E-state index contributed by atoms with van der Waals surface area (Å²) < 4.78 is 6.00. The van der Waals surface area contributed by atoms with Gasteiger partial charge in [0.15, 0.2) is 0 Å². The number of nitrogens with one attached hydrogen (secondary N) is 2. The van der Waals surface area contributed by atoms with Gasteiger partial charge in [0.05, 0.1) is 5.69 Å². The van der Waals surface area contributed by atoms with Crippen molar-refractivity contribution in [3.63, 3.8) is 0 Å². The molecular weight excluding hydrogens is 320 g/mol. The normalized spacial score (nSPS) is 10.3. The maximum atomic E-state index is 5.01. The number of hydrogen-bond donors (Lipinski definition) is 2. The fraction of sp³-hybridized carbons (Fsp3) is 0.286. The Morgan fingerprint density at radius 3 is 2.80 bits per heavy atom. The van der Waals surface area contributed by atoms with E-state index in [9.17, 15) is 0 Å². The minimum absolute atomic E-state index is 0.736. The summed E-state index contributed by atoms with van der Waals surface area (Å²) in [6.07, 6.45) is 2.48. The third-order valence-corrected chi connectivity index (χ3v) is 3.33. The highest BCUT2D eigenvalue weighted by Crippen LogP contribution is 2.24. The van der Waals surface area contributed by atoms with Crippen LogP contribution in [-0.4, -0.2) is 30.2 Å². The highest BCUT2D eigenvalue weighted by atomic mass is 79.9.